The van der Waals surface area contributed by atoms with Gasteiger partial charge in [0.25, 0.3) is 11.8 Å². The molecule has 8 nitrogen and oxygen atoms in total. The van der Waals surface area contributed by atoms with Crippen LogP contribution in [0.1, 0.15) is 75.0 Å². The molecule has 43 heavy (non-hydrogen) atoms. The van der Waals surface area contributed by atoms with Crippen molar-refractivity contribution in [3.63, 3.8) is 0 Å². The number of likely N-dealkylation sites (tertiary alicyclic amines) is 2. The van der Waals surface area contributed by atoms with Crippen molar-refractivity contribution in [1.82, 2.24) is 14.8 Å². The number of rotatable bonds is 7. The molecule has 0 unspecified atom stereocenters. The van der Waals surface area contributed by atoms with Gasteiger partial charge < -0.3 is 20.1 Å². The predicted molar refractivity (Wildman–Crippen MR) is 170 cm³/mol. The summed E-state index contributed by atoms with van der Waals surface area (Å²) in [7, 11) is -3.95. The first kappa shape index (κ1) is 21.6. The lowest BCUT2D eigenvalue weighted by atomic mass is 10.0. The van der Waals surface area contributed by atoms with Crippen LogP contribution in [0, 0.1) is 13.8 Å². The van der Waals surface area contributed by atoms with Crippen molar-refractivity contribution in [1.29, 1.82) is 0 Å². The molecule has 4 heterocycles. The number of nitrogens with one attached hydrogen (secondary N) is 2. The largest absolute Gasteiger partial charge is 0.358 e. The zero-order chi connectivity index (χ0) is 37.6. The first-order chi connectivity index (χ1) is 23.5. The van der Waals surface area contributed by atoms with Crippen LogP contribution < -0.4 is 5.32 Å². The molecule has 2 saturated heterocycles. The molecule has 3 aromatic rings. The van der Waals surface area contributed by atoms with Crippen LogP contribution in [0.15, 0.2) is 41.3 Å². The van der Waals surface area contributed by atoms with Crippen molar-refractivity contribution < 1.29 is 29.0 Å². The molecule has 2 fully saturated rings. The Bertz CT molecular complexity index is 2080. The molecule has 2 amide bonds. The zero-order valence-electron chi connectivity index (χ0n) is 31.3. The first-order valence-electron chi connectivity index (χ1n) is 17.7. The summed E-state index contributed by atoms with van der Waals surface area (Å²) in [6, 6.07) is 8.23. The average Bonchev–Trinajstić information content (AvgIpc) is 3.72. The van der Waals surface area contributed by atoms with Gasteiger partial charge in [-0.15, -0.1) is 0 Å². The number of anilines is 1. The van der Waals surface area contributed by atoms with Crippen molar-refractivity contribution in [2.45, 2.75) is 56.1 Å². The Morgan fingerprint density at radius 1 is 1.14 bits per heavy atom. The van der Waals surface area contributed by atoms with Crippen molar-refractivity contribution in [3.05, 3.63) is 80.1 Å². The van der Waals surface area contributed by atoms with E-state index in [0.29, 0.717) is 45.9 Å². The molecular weight excluding hydrogens is 607 g/mol. The molecule has 6 rings (SSSR count). The number of aromatic amines is 1. The Morgan fingerprint density at radius 3 is 2.58 bits per heavy atom. The third kappa shape index (κ3) is 5.76. The van der Waals surface area contributed by atoms with E-state index in [9.17, 15) is 18.0 Å². The second-order valence-corrected chi connectivity index (χ2v) is 13.5. The van der Waals surface area contributed by atoms with Gasteiger partial charge in [-0.2, -0.15) is 0 Å². The number of hydrogen-bond acceptors (Lipinski definition) is 5. The summed E-state index contributed by atoms with van der Waals surface area (Å²) in [6.45, 7) is -2.84. The highest BCUT2D eigenvalue weighted by Crippen LogP contribution is 2.37. The fraction of sp³-hybridized carbons (Fsp3) is 0.375. The van der Waals surface area contributed by atoms with Gasteiger partial charge in [0.15, 0.2) is 9.84 Å². The molecule has 0 saturated carbocycles. The van der Waals surface area contributed by atoms with Gasteiger partial charge in [0, 0.05) is 68.3 Å². The number of H-pyrrole nitrogens is 1. The molecule has 0 bridgehead atoms. The van der Waals surface area contributed by atoms with Gasteiger partial charge in [-0.25, -0.2) is 8.42 Å². The zero-order valence-corrected chi connectivity index (χ0v) is 25.7. The lowest BCUT2D eigenvalue weighted by Crippen LogP contribution is -2.42. The maximum atomic E-state index is 14.1. The number of carbonyl (C=O) groups is 2. The summed E-state index contributed by atoms with van der Waals surface area (Å²) in [5.74, 6) is -1.39. The number of fused-ring (bicyclic) bond motifs is 1. The molecule has 1 aromatic heterocycles. The number of hydrogen-bond donors (Lipinski definition) is 2. The van der Waals surface area contributed by atoms with Crippen LogP contribution in [0.2, 0.25) is 10.0 Å². The van der Waals surface area contributed by atoms with E-state index in [1.54, 1.807) is 32.0 Å². The molecule has 226 valence electrons. The van der Waals surface area contributed by atoms with E-state index in [4.69, 9.17) is 34.2 Å². The highest BCUT2D eigenvalue weighted by Gasteiger charge is 2.34. The van der Waals surface area contributed by atoms with Gasteiger partial charge in [-0.3, -0.25) is 9.59 Å². The molecule has 2 N–H and O–H groups in total. The maximum absolute atomic E-state index is 14.1. The fourth-order valence-corrected chi connectivity index (χ4v) is 7.91. The first-order valence-corrected chi connectivity index (χ1v) is 16.1. The van der Waals surface area contributed by atoms with Crippen molar-refractivity contribution >= 4 is 62.2 Å². The number of aromatic nitrogens is 1. The van der Waals surface area contributed by atoms with Crippen LogP contribution in [0.4, 0.5) is 5.69 Å². The van der Waals surface area contributed by atoms with Crippen molar-refractivity contribution in [3.8, 4) is 0 Å². The topological polar surface area (TPSA) is 103 Å². The molecule has 0 aliphatic carbocycles. The monoisotopic (exact) mass is 648 g/mol. The third-order valence-corrected chi connectivity index (χ3v) is 10.3. The van der Waals surface area contributed by atoms with Crippen LogP contribution >= 0.6 is 23.2 Å². The molecule has 1 atom stereocenters. The van der Waals surface area contributed by atoms with Crippen LogP contribution in [-0.4, -0.2) is 67.1 Å². The lowest BCUT2D eigenvalue weighted by molar-refractivity contribution is -0.110. The summed E-state index contributed by atoms with van der Waals surface area (Å²) < 4.78 is 92.8. The summed E-state index contributed by atoms with van der Waals surface area (Å²) in [4.78, 5) is 32.3. The van der Waals surface area contributed by atoms with Gasteiger partial charge in [0.1, 0.15) is 0 Å². The minimum Gasteiger partial charge on any atom is -0.358 e. The van der Waals surface area contributed by atoms with E-state index >= 15 is 0 Å². The third-order valence-electron chi connectivity index (χ3n) is 7.98. The van der Waals surface area contributed by atoms with Gasteiger partial charge in [-0.1, -0.05) is 29.3 Å². The number of halogens is 2. The van der Waals surface area contributed by atoms with Gasteiger partial charge >= 0.3 is 0 Å². The minimum atomic E-state index is -3.95. The summed E-state index contributed by atoms with van der Waals surface area (Å²) >= 11 is 12.5. The molecule has 3 aliphatic rings. The average molecular weight is 650 g/mol. The van der Waals surface area contributed by atoms with Gasteiger partial charge in [-0.05, 0) is 94.4 Å². The Kier molecular flexibility index (Phi) is 5.90. The normalized spacial score (nSPS) is 27.3. The van der Waals surface area contributed by atoms with Crippen LogP contribution in [0.3, 0.4) is 0 Å². The Balaban J connectivity index is 1.29. The Labute approximate surface area is 273 Å². The minimum absolute atomic E-state index is 0.0529. The summed E-state index contributed by atoms with van der Waals surface area (Å²) in [5.41, 5.74) is 2.76. The quantitative estimate of drug-likeness (QED) is 0.301. The maximum Gasteiger partial charge on any atom is 0.256 e. The highest BCUT2D eigenvalue weighted by molar-refractivity contribution is 7.90. The second kappa shape index (κ2) is 11.8. The predicted octanol–water partition coefficient (Wildman–Crippen LogP) is 6.11. The highest BCUT2D eigenvalue weighted by atomic mass is 35.5. The van der Waals surface area contributed by atoms with Gasteiger partial charge in [0.2, 0.25) is 0 Å². The summed E-state index contributed by atoms with van der Waals surface area (Å²) in [6.07, 6.45) is -3.94. The Morgan fingerprint density at radius 2 is 1.86 bits per heavy atom. The fourth-order valence-electron chi connectivity index (χ4n) is 5.79. The standard InChI is InChI=1S/C32H34Cl2N4O4S/c1-19-29(35-20(2)30(19)32(40)38-14-6-7-21(38)17-37-12-3-4-13-37)16-24-23-15-22(10-11-28(23)36-31(24)39)43(41,42)18-25-26(33)8-5-9-27(25)34/h5,8-11,15-16,21,35H,3-4,6-7,12-14,17-18H2,1-2H3,(H,36,39)/b24-16-/t21-/m1/s1/i3D2,4D2,12D2,13D2. The van der Waals surface area contributed by atoms with E-state index in [-0.39, 0.29) is 38.2 Å². The molecule has 11 heteroatoms. The van der Waals surface area contributed by atoms with E-state index in [1.807, 2.05) is 0 Å². The smallest absolute Gasteiger partial charge is 0.256 e. The molecule has 0 radical (unpaired) electrons. The van der Waals surface area contributed by atoms with E-state index in [1.165, 1.54) is 29.2 Å². The SMILES string of the molecule is [2H]C1([2H])N(C[C@H]2CCCN2C(=O)c2c(C)[nH]c(/C=C3\C(=O)Nc4ccc(S(=O)(=O)Cc5c(Cl)cccc5Cl)cc43)c2C)C([2H])([2H])C([2H])([2H])C1([2H])[2H]. The number of benzene rings is 2. The van der Waals surface area contributed by atoms with Crippen LogP contribution in [0.25, 0.3) is 11.6 Å². The van der Waals surface area contributed by atoms with E-state index < -0.39 is 65.7 Å². The molecule has 2 aromatic carbocycles. The number of sulfone groups is 1. The van der Waals surface area contributed by atoms with Crippen LogP contribution in [-0.2, 0) is 20.4 Å². The number of carbonyl (C=O) groups excluding carboxylic acids is 2. The number of amides is 2. The summed E-state index contributed by atoms with van der Waals surface area (Å²) in [5, 5.41) is 3.14. The lowest BCUT2D eigenvalue weighted by Gasteiger charge is -2.28. The Hall–Kier alpha value is -3.11. The van der Waals surface area contributed by atoms with Gasteiger partial charge in [0.05, 0.1) is 21.8 Å². The second-order valence-electron chi connectivity index (χ2n) is 10.7. The van der Waals surface area contributed by atoms with Crippen LogP contribution in [0.5, 0.6) is 0 Å². The number of nitrogens with zero attached hydrogens (tertiary/aromatic N) is 2. The van der Waals surface area contributed by atoms with Crippen molar-refractivity contribution in [2.75, 3.05) is 31.4 Å². The number of aryl methyl sites for hydroxylation is 1. The molecule has 0 spiro atoms. The van der Waals surface area contributed by atoms with E-state index in [0.717, 1.165) is 0 Å². The van der Waals surface area contributed by atoms with E-state index in [2.05, 4.69) is 10.3 Å². The molecular formula is C32H34Cl2N4O4S. The molecule has 3 aliphatic heterocycles. The van der Waals surface area contributed by atoms with Crippen molar-refractivity contribution in [2.24, 2.45) is 0 Å².